The minimum absolute atomic E-state index is 0.341. The summed E-state index contributed by atoms with van der Waals surface area (Å²) in [5.41, 5.74) is 0. The molecule has 0 bridgehead atoms. The summed E-state index contributed by atoms with van der Waals surface area (Å²) in [4.78, 5) is 13.7. The Morgan fingerprint density at radius 3 is 2.90 bits per heavy atom. The predicted molar refractivity (Wildman–Crippen MR) is 95.2 cm³/mol. The quantitative estimate of drug-likeness (QED) is 0.745. The van der Waals surface area contributed by atoms with Crippen LogP contribution < -0.4 is 4.90 Å². The van der Waals surface area contributed by atoms with E-state index in [0.29, 0.717) is 10.0 Å². The molecule has 0 unspecified atom stereocenters. The molecule has 0 radical (unpaired) electrons. The lowest BCUT2D eigenvalue weighted by atomic mass is 10.1. The summed E-state index contributed by atoms with van der Waals surface area (Å²) in [7, 11) is 0. The molecule has 2 aromatic rings. The van der Waals surface area contributed by atoms with E-state index >= 15 is 0 Å². The fourth-order valence-electron chi connectivity index (χ4n) is 2.58. The third-order valence-corrected chi connectivity index (χ3v) is 6.60. The Hall–Kier alpha value is -0.520. The summed E-state index contributed by atoms with van der Waals surface area (Å²) >= 11 is 9.92. The maximum atomic E-state index is 6.14. The second kappa shape index (κ2) is 5.94. The lowest BCUT2D eigenvalue weighted by Gasteiger charge is -2.23. The van der Waals surface area contributed by atoms with E-state index in [1.807, 2.05) is 11.8 Å². The average Bonchev–Trinajstić information content (AvgIpc) is 2.75. The molecule has 0 aromatic carbocycles. The lowest BCUT2D eigenvalue weighted by Crippen LogP contribution is -2.28. The van der Waals surface area contributed by atoms with Crippen molar-refractivity contribution in [2.24, 2.45) is 0 Å². The number of rotatable bonds is 2. The van der Waals surface area contributed by atoms with Gasteiger partial charge in [0.2, 0.25) is 5.28 Å². The molecule has 0 spiro atoms. The molecular weight excluding hydrogens is 322 g/mol. The second-order valence-electron chi connectivity index (χ2n) is 5.95. The minimum atomic E-state index is 0.341. The van der Waals surface area contributed by atoms with Gasteiger partial charge in [-0.3, -0.25) is 0 Å². The summed E-state index contributed by atoms with van der Waals surface area (Å²) in [6.07, 6.45) is 2.19. The van der Waals surface area contributed by atoms with Crippen LogP contribution >= 0.6 is 34.7 Å². The molecule has 0 N–H and O–H groups in total. The van der Waals surface area contributed by atoms with Crippen molar-refractivity contribution in [3.05, 3.63) is 16.2 Å². The van der Waals surface area contributed by atoms with Gasteiger partial charge in [0, 0.05) is 28.5 Å². The number of hydrogen-bond donors (Lipinski definition) is 0. The largest absolute Gasteiger partial charge is 0.355 e. The number of hydrogen-bond acceptors (Lipinski definition) is 5. The lowest BCUT2D eigenvalue weighted by molar-refractivity contribution is 0.636. The first-order chi connectivity index (χ1) is 9.98. The Labute approximate surface area is 139 Å². The van der Waals surface area contributed by atoms with Gasteiger partial charge in [0.25, 0.3) is 0 Å². The highest BCUT2D eigenvalue weighted by Gasteiger charge is 2.25. The molecule has 0 amide bonds. The molecule has 3 nitrogen and oxygen atoms in total. The van der Waals surface area contributed by atoms with Gasteiger partial charge >= 0.3 is 0 Å². The molecule has 6 heteroatoms. The number of thiophene rings is 1. The highest BCUT2D eigenvalue weighted by atomic mass is 35.5. The van der Waals surface area contributed by atoms with E-state index in [1.54, 1.807) is 11.3 Å². The second-order valence-corrected chi connectivity index (χ2v) is 9.20. The van der Waals surface area contributed by atoms with Crippen LogP contribution in [-0.2, 0) is 6.42 Å². The van der Waals surface area contributed by atoms with Crippen molar-refractivity contribution in [1.29, 1.82) is 0 Å². The monoisotopic (exact) mass is 341 g/mol. The van der Waals surface area contributed by atoms with Crippen LogP contribution in [0.5, 0.6) is 0 Å². The first-order valence-electron chi connectivity index (χ1n) is 7.33. The van der Waals surface area contributed by atoms with E-state index in [0.717, 1.165) is 47.7 Å². The van der Waals surface area contributed by atoms with Crippen molar-refractivity contribution in [2.75, 3.05) is 23.7 Å². The molecule has 0 atom stereocenters. The number of aryl methyl sites for hydroxylation is 1. The number of anilines is 1. The van der Waals surface area contributed by atoms with Crippen LogP contribution in [0.2, 0.25) is 5.28 Å². The van der Waals surface area contributed by atoms with Crippen LogP contribution in [0.15, 0.2) is 6.07 Å². The highest BCUT2D eigenvalue weighted by molar-refractivity contribution is 8.00. The highest BCUT2D eigenvalue weighted by Crippen LogP contribution is 2.36. The van der Waals surface area contributed by atoms with Gasteiger partial charge in [-0.1, -0.05) is 20.8 Å². The van der Waals surface area contributed by atoms with Crippen LogP contribution in [0, 0.1) is 0 Å². The maximum Gasteiger partial charge on any atom is 0.225 e. The zero-order valence-corrected chi connectivity index (χ0v) is 15.0. The summed E-state index contributed by atoms with van der Waals surface area (Å²) in [5.74, 6) is 2.14. The molecule has 3 heterocycles. The Morgan fingerprint density at radius 2 is 2.14 bits per heavy atom. The maximum absolute atomic E-state index is 6.14. The zero-order chi connectivity index (χ0) is 15.0. The van der Waals surface area contributed by atoms with E-state index in [9.17, 15) is 0 Å². The Bertz CT molecular complexity index is 654. The number of halogens is 1. The number of aromatic nitrogens is 2. The Kier molecular flexibility index (Phi) is 4.35. The van der Waals surface area contributed by atoms with Crippen LogP contribution in [0.1, 0.15) is 32.1 Å². The molecule has 0 aliphatic carbocycles. The van der Waals surface area contributed by atoms with Gasteiger partial charge in [0.15, 0.2) is 0 Å². The van der Waals surface area contributed by atoms with Crippen molar-refractivity contribution >= 4 is 50.7 Å². The molecule has 1 saturated heterocycles. The van der Waals surface area contributed by atoms with Gasteiger partial charge in [-0.25, -0.2) is 4.98 Å². The van der Waals surface area contributed by atoms with Crippen molar-refractivity contribution in [1.82, 2.24) is 9.97 Å². The number of nitrogens with zero attached hydrogens (tertiary/aromatic N) is 3. The molecule has 1 aliphatic heterocycles. The predicted octanol–water partition coefficient (Wildman–Crippen LogP) is 4.63. The molecule has 1 aliphatic rings. The normalized spacial score (nSPS) is 19.0. The van der Waals surface area contributed by atoms with Crippen molar-refractivity contribution in [2.45, 2.75) is 38.4 Å². The van der Waals surface area contributed by atoms with Crippen LogP contribution in [0.25, 0.3) is 10.2 Å². The van der Waals surface area contributed by atoms with Crippen LogP contribution in [-0.4, -0.2) is 33.6 Å². The molecule has 114 valence electrons. The minimum Gasteiger partial charge on any atom is -0.355 e. The third kappa shape index (κ3) is 3.30. The number of fused-ring (bicyclic) bond motifs is 1. The summed E-state index contributed by atoms with van der Waals surface area (Å²) < 4.78 is 0.341. The van der Waals surface area contributed by atoms with Gasteiger partial charge in [-0.05, 0) is 30.5 Å². The van der Waals surface area contributed by atoms with E-state index in [4.69, 9.17) is 11.6 Å². The topological polar surface area (TPSA) is 29.0 Å². The SMILES string of the molecule is CCc1cc2c(N3CCSC(C)(C)CC3)nc(Cl)nc2s1. The first kappa shape index (κ1) is 15.4. The van der Waals surface area contributed by atoms with Gasteiger partial charge < -0.3 is 4.90 Å². The Balaban J connectivity index is 2.00. The molecule has 21 heavy (non-hydrogen) atoms. The van der Waals surface area contributed by atoms with Gasteiger partial charge in [-0.15, -0.1) is 11.3 Å². The van der Waals surface area contributed by atoms with Gasteiger partial charge in [0.1, 0.15) is 10.6 Å². The summed E-state index contributed by atoms with van der Waals surface area (Å²) in [6.45, 7) is 8.87. The molecule has 2 aromatic heterocycles. The van der Waals surface area contributed by atoms with Crippen LogP contribution in [0.4, 0.5) is 5.82 Å². The summed E-state index contributed by atoms with van der Waals surface area (Å²) in [5, 5.41) is 1.52. The van der Waals surface area contributed by atoms with E-state index in [2.05, 4.69) is 41.7 Å². The number of thioether (sulfide) groups is 1. The molecule has 0 saturated carbocycles. The van der Waals surface area contributed by atoms with E-state index < -0.39 is 0 Å². The standard InChI is InChI=1S/C15H20ClN3S2/c1-4-10-9-11-12(17-14(16)18-13(11)21-10)19-6-5-15(2,3)20-8-7-19/h9H,4-8H2,1-3H3. The van der Waals surface area contributed by atoms with Crippen molar-refractivity contribution in [3.8, 4) is 0 Å². The molecular formula is C15H20ClN3S2. The molecule has 3 rings (SSSR count). The van der Waals surface area contributed by atoms with Crippen molar-refractivity contribution < 1.29 is 0 Å². The zero-order valence-electron chi connectivity index (χ0n) is 12.6. The van der Waals surface area contributed by atoms with Crippen LogP contribution in [0.3, 0.4) is 0 Å². The summed E-state index contributed by atoms with van der Waals surface area (Å²) in [6, 6.07) is 2.23. The smallest absolute Gasteiger partial charge is 0.225 e. The fraction of sp³-hybridized carbons (Fsp3) is 0.600. The molecule has 1 fully saturated rings. The van der Waals surface area contributed by atoms with Crippen molar-refractivity contribution in [3.63, 3.8) is 0 Å². The fourth-order valence-corrected chi connectivity index (χ4v) is 4.85. The first-order valence-corrected chi connectivity index (χ1v) is 9.51. The van der Waals surface area contributed by atoms with Gasteiger partial charge in [-0.2, -0.15) is 16.7 Å². The average molecular weight is 342 g/mol. The van der Waals surface area contributed by atoms with E-state index in [1.165, 1.54) is 4.88 Å². The Morgan fingerprint density at radius 1 is 1.33 bits per heavy atom. The third-order valence-electron chi connectivity index (χ3n) is 3.88. The van der Waals surface area contributed by atoms with Gasteiger partial charge in [0.05, 0.1) is 5.39 Å². The van der Waals surface area contributed by atoms with E-state index in [-0.39, 0.29) is 0 Å².